The summed E-state index contributed by atoms with van der Waals surface area (Å²) in [5.41, 5.74) is 11.6. The van der Waals surface area contributed by atoms with Crippen LogP contribution in [-0.4, -0.2) is 0 Å². The molecule has 6 rings (SSSR count). The number of halogens is 1. The summed E-state index contributed by atoms with van der Waals surface area (Å²) in [6, 6.07) is 30.4. The van der Waals surface area contributed by atoms with Gasteiger partial charge >= 0.3 is 0 Å². The molecule has 0 aliphatic carbocycles. The normalized spacial score (nSPS) is 12.3. The Hall–Kier alpha value is -2.88. The molecule has 0 unspecified atom stereocenters. The molecule has 156 valence electrons. The van der Waals surface area contributed by atoms with Crippen LogP contribution < -0.4 is 5.73 Å². The SMILES string of the molecule is CC(C)(Br)c1ccc2ccccc2c1-c1c(N)c2sc3ccccc3c2c2ccccc12. The average Bonchev–Trinajstić information content (AvgIpc) is 3.19. The van der Waals surface area contributed by atoms with Crippen LogP contribution in [-0.2, 0) is 4.32 Å². The van der Waals surface area contributed by atoms with Crippen LogP contribution in [0.4, 0.5) is 5.69 Å². The van der Waals surface area contributed by atoms with E-state index in [1.54, 1.807) is 11.3 Å². The number of rotatable bonds is 2. The fourth-order valence-electron chi connectivity index (χ4n) is 4.99. The van der Waals surface area contributed by atoms with Gasteiger partial charge in [-0.2, -0.15) is 0 Å². The molecule has 0 radical (unpaired) electrons. The van der Waals surface area contributed by atoms with Crippen molar-refractivity contribution in [3.8, 4) is 11.1 Å². The van der Waals surface area contributed by atoms with Crippen molar-refractivity contribution in [3.05, 3.63) is 90.5 Å². The molecule has 0 atom stereocenters. The summed E-state index contributed by atoms with van der Waals surface area (Å²) in [6.07, 6.45) is 0. The summed E-state index contributed by atoms with van der Waals surface area (Å²) >= 11 is 5.74. The van der Waals surface area contributed by atoms with Crippen LogP contribution in [0.25, 0.3) is 52.8 Å². The predicted molar refractivity (Wildman–Crippen MR) is 146 cm³/mol. The Balaban J connectivity index is 1.90. The lowest BCUT2D eigenvalue weighted by Crippen LogP contribution is -2.10. The van der Waals surface area contributed by atoms with E-state index in [2.05, 4.69) is 115 Å². The highest BCUT2D eigenvalue weighted by Crippen LogP contribution is 2.51. The topological polar surface area (TPSA) is 26.0 Å². The van der Waals surface area contributed by atoms with E-state index in [-0.39, 0.29) is 4.32 Å². The lowest BCUT2D eigenvalue weighted by atomic mass is 9.84. The molecule has 1 aromatic heterocycles. The summed E-state index contributed by atoms with van der Waals surface area (Å²) in [5.74, 6) is 0. The molecule has 32 heavy (non-hydrogen) atoms. The molecule has 0 spiro atoms. The van der Waals surface area contributed by atoms with E-state index in [1.165, 1.54) is 52.8 Å². The molecule has 0 fully saturated rings. The molecule has 6 aromatic rings. The maximum Gasteiger partial charge on any atom is 0.0597 e. The first-order chi connectivity index (χ1) is 15.4. The molecule has 3 heteroatoms. The van der Waals surface area contributed by atoms with Crippen LogP contribution in [0, 0.1) is 0 Å². The van der Waals surface area contributed by atoms with Crippen LogP contribution in [0.5, 0.6) is 0 Å². The van der Waals surface area contributed by atoms with Crippen LogP contribution in [0.1, 0.15) is 19.4 Å². The lowest BCUT2D eigenvalue weighted by Gasteiger charge is -2.25. The zero-order valence-electron chi connectivity index (χ0n) is 17.9. The minimum absolute atomic E-state index is 0.199. The van der Waals surface area contributed by atoms with Gasteiger partial charge in [-0.25, -0.2) is 0 Å². The number of benzene rings is 5. The van der Waals surface area contributed by atoms with Crippen LogP contribution in [0.2, 0.25) is 0 Å². The third kappa shape index (κ3) is 2.81. The Morgan fingerprint density at radius 3 is 2.06 bits per heavy atom. The number of fused-ring (bicyclic) bond motifs is 6. The van der Waals surface area contributed by atoms with Gasteiger partial charge < -0.3 is 5.73 Å². The van der Waals surface area contributed by atoms with Gasteiger partial charge in [0.15, 0.2) is 0 Å². The molecular weight excluding hydrogens is 474 g/mol. The van der Waals surface area contributed by atoms with Crippen LogP contribution in [0.3, 0.4) is 0 Å². The minimum Gasteiger partial charge on any atom is -0.397 e. The molecule has 0 saturated heterocycles. The van der Waals surface area contributed by atoms with Crippen molar-refractivity contribution in [2.75, 3.05) is 5.73 Å². The first-order valence-corrected chi connectivity index (χ1v) is 12.4. The van der Waals surface area contributed by atoms with Crippen molar-refractivity contribution in [2.45, 2.75) is 18.2 Å². The van der Waals surface area contributed by atoms with Gasteiger partial charge in [0.2, 0.25) is 0 Å². The van der Waals surface area contributed by atoms with E-state index < -0.39 is 0 Å². The van der Waals surface area contributed by atoms with E-state index in [4.69, 9.17) is 5.73 Å². The van der Waals surface area contributed by atoms with Crippen LogP contribution >= 0.6 is 27.3 Å². The second kappa shape index (κ2) is 7.06. The number of anilines is 1. The summed E-state index contributed by atoms with van der Waals surface area (Å²) < 4.78 is 2.25. The van der Waals surface area contributed by atoms with Crippen molar-refractivity contribution in [1.82, 2.24) is 0 Å². The first kappa shape index (κ1) is 19.8. The molecule has 0 saturated carbocycles. The molecule has 0 aliphatic rings. The van der Waals surface area contributed by atoms with E-state index >= 15 is 0 Å². The third-order valence-corrected chi connectivity index (χ3v) is 8.03. The molecule has 0 aliphatic heterocycles. The number of hydrogen-bond acceptors (Lipinski definition) is 2. The fraction of sp³-hybridized carbons (Fsp3) is 0.103. The molecule has 0 bridgehead atoms. The third-order valence-electron chi connectivity index (χ3n) is 6.39. The fourth-order valence-corrected chi connectivity index (χ4v) is 6.50. The Labute approximate surface area is 199 Å². The molecule has 0 amide bonds. The molecule has 1 heterocycles. The zero-order chi connectivity index (χ0) is 22.0. The van der Waals surface area contributed by atoms with Gasteiger partial charge in [-0.05, 0) is 52.6 Å². The van der Waals surface area contributed by atoms with Gasteiger partial charge in [-0.15, -0.1) is 11.3 Å². The Morgan fingerprint density at radius 2 is 1.31 bits per heavy atom. The summed E-state index contributed by atoms with van der Waals surface area (Å²) in [6.45, 7) is 4.41. The number of thiophene rings is 1. The first-order valence-electron chi connectivity index (χ1n) is 10.8. The maximum absolute atomic E-state index is 7.08. The van der Waals surface area contributed by atoms with Gasteiger partial charge in [-0.3, -0.25) is 0 Å². The monoisotopic (exact) mass is 495 g/mol. The molecule has 1 nitrogen and oxygen atoms in total. The molecule has 5 aromatic carbocycles. The second-order valence-corrected chi connectivity index (χ2v) is 11.9. The smallest absolute Gasteiger partial charge is 0.0597 e. The lowest BCUT2D eigenvalue weighted by molar-refractivity contribution is 0.807. The van der Waals surface area contributed by atoms with Gasteiger partial charge in [0.05, 0.1) is 10.4 Å². The van der Waals surface area contributed by atoms with Crippen molar-refractivity contribution in [3.63, 3.8) is 0 Å². The highest BCUT2D eigenvalue weighted by Gasteiger charge is 2.26. The van der Waals surface area contributed by atoms with Crippen molar-refractivity contribution in [2.24, 2.45) is 0 Å². The minimum atomic E-state index is -0.199. The van der Waals surface area contributed by atoms with Gasteiger partial charge in [0.1, 0.15) is 0 Å². The zero-order valence-corrected chi connectivity index (χ0v) is 20.3. The standard InChI is InChI=1S/C29H22BrNS/c1-29(2,30)22-16-15-17-9-3-4-10-18(17)25(22)26-20-12-6-5-11-19(20)24-21-13-7-8-14-23(21)32-28(24)27(26)31/h3-16H,31H2,1-2H3. The summed E-state index contributed by atoms with van der Waals surface area (Å²) in [5, 5.41) is 7.46. The number of hydrogen-bond donors (Lipinski definition) is 1. The van der Waals surface area contributed by atoms with E-state index in [1.807, 2.05) is 0 Å². The van der Waals surface area contributed by atoms with E-state index in [9.17, 15) is 0 Å². The number of alkyl halides is 1. The summed E-state index contributed by atoms with van der Waals surface area (Å²) in [7, 11) is 0. The largest absolute Gasteiger partial charge is 0.397 e. The van der Waals surface area contributed by atoms with Crippen molar-refractivity contribution >= 4 is 74.7 Å². The molecular formula is C29H22BrNS. The van der Waals surface area contributed by atoms with Gasteiger partial charge in [-0.1, -0.05) is 94.8 Å². The van der Waals surface area contributed by atoms with E-state index in [0.29, 0.717) is 0 Å². The van der Waals surface area contributed by atoms with Crippen molar-refractivity contribution < 1.29 is 0 Å². The van der Waals surface area contributed by atoms with E-state index in [0.717, 1.165) is 11.3 Å². The number of nitrogens with two attached hydrogens (primary N) is 1. The Morgan fingerprint density at radius 1 is 0.688 bits per heavy atom. The summed E-state index contributed by atoms with van der Waals surface area (Å²) in [4.78, 5) is 0. The Kier molecular flexibility index (Phi) is 4.36. The quantitative estimate of drug-likeness (QED) is 0.188. The van der Waals surface area contributed by atoms with Crippen LogP contribution in [0.15, 0.2) is 84.9 Å². The Bertz CT molecular complexity index is 1670. The molecule has 2 N–H and O–H groups in total. The average molecular weight is 496 g/mol. The highest BCUT2D eigenvalue weighted by molar-refractivity contribution is 9.09. The maximum atomic E-state index is 7.08. The van der Waals surface area contributed by atoms with Gasteiger partial charge in [0.25, 0.3) is 0 Å². The predicted octanol–water partition coefficient (Wildman–Crippen LogP) is 9.24. The van der Waals surface area contributed by atoms with Gasteiger partial charge in [0, 0.05) is 25.4 Å². The second-order valence-electron chi connectivity index (χ2n) is 8.82. The van der Waals surface area contributed by atoms with Crippen molar-refractivity contribution in [1.29, 1.82) is 0 Å². The number of nitrogen functional groups attached to an aromatic ring is 1. The highest BCUT2D eigenvalue weighted by atomic mass is 79.9.